The lowest BCUT2D eigenvalue weighted by molar-refractivity contribution is -0.232. The Kier molecular flexibility index (Phi) is 4.83. The van der Waals surface area contributed by atoms with E-state index in [0.717, 1.165) is 12.0 Å². The molecule has 3 aliphatic rings. The molecule has 3 fully saturated rings. The van der Waals surface area contributed by atoms with Crippen LogP contribution in [0.1, 0.15) is 32.8 Å². The Hall–Kier alpha value is -1.02. The molecule has 0 radical (unpaired) electrons. The van der Waals surface area contributed by atoms with Crippen LogP contribution in [0.25, 0.3) is 0 Å². The van der Waals surface area contributed by atoms with Gasteiger partial charge in [0.05, 0.1) is 13.2 Å². The fourth-order valence-corrected chi connectivity index (χ4v) is 3.62. The van der Waals surface area contributed by atoms with Crippen molar-refractivity contribution in [3.8, 4) is 0 Å². The maximum atomic E-state index is 6.22. The van der Waals surface area contributed by atoms with E-state index in [1.165, 1.54) is 0 Å². The largest absolute Gasteiger partial charge is 0.368 e. The molecule has 0 amide bonds. The number of benzene rings is 1. The molecule has 6 heteroatoms. The van der Waals surface area contributed by atoms with Crippen LogP contribution >= 0.6 is 0 Å². The third-order valence-corrected chi connectivity index (χ3v) is 4.78. The van der Waals surface area contributed by atoms with Gasteiger partial charge in [-0.1, -0.05) is 37.3 Å². The average molecular weight is 350 g/mol. The minimum absolute atomic E-state index is 0.174. The van der Waals surface area contributed by atoms with Gasteiger partial charge >= 0.3 is 0 Å². The highest BCUT2D eigenvalue weighted by Crippen LogP contribution is 2.41. The minimum atomic E-state index is -0.673. The van der Waals surface area contributed by atoms with Crippen molar-refractivity contribution in [1.82, 2.24) is 0 Å². The molecule has 6 atom stereocenters. The number of hydrogen-bond acceptors (Lipinski definition) is 6. The lowest BCUT2D eigenvalue weighted by atomic mass is 10.1. The van der Waals surface area contributed by atoms with Gasteiger partial charge in [0, 0.05) is 0 Å². The molecule has 3 saturated heterocycles. The summed E-state index contributed by atoms with van der Waals surface area (Å²) in [6.45, 7) is 6.80. The Morgan fingerprint density at radius 2 is 1.88 bits per heavy atom. The van der Waals surface area contributed by atoms with E-state index in [4.69, 9.17) is 28.4 Å². The number of rotatable bonds is 5. The Morgan fingerprint density at radius 1 is 1.08 bits per heavy atom. The van der Waals surface area contributed by atoms with E-state index in [1.54, 1.807) is 0 Å². The summed E-state index contributed by atoms with van der Waals surface area (Å²) >= 11 is 0. The molecule has 3 aliphatic heterocycles. The summed E-state index contributed by atoms with van der Waals surface area (Å²) in [7, 11) is 0. The van der Waals surface area contributed by atoms with E-state index in [-0.39, 0.29) is 30.7 Å². The summed E-state index contributed by atoms with van der Waals surface area (Å²) in [6.07, 6.45) is -0.791. The Bertz CT molecular complexity index is 577. The summed E-state index contributed by atoms with van der Waals surface area (Å²) in [5.74, 6) is -0.673. The molecule has 0 bridgehead atoms. The van der Waals surface area contributed by atoms with Crippen molar-refractivity contribution in [1.29, 1.82) is 0 Å². The first-order valence-corrected chi connectivity index (χ1v) is 8.99. The number of ether oxygens (including phenoxy) is 6. The number of hydrogen-bond donors (Lipinski definition) is 0. The van der Waals surface area contributed by atoms with Crippen LogP contribution in [-0.4, -0.2) is 49.4 Å². The van der Waals surface area contributed by atoms with Gasteiger partial charge in [0.25, 0.3) is 0 Å². The zero-order valence-electron chi connectivity index (χ0n) is 14.9. The fourth-order valence-electron chi connectivity index (χ4n) is 3.62. The summed E-state index contributed by atoms with van der Waals surface area (Å²) in [5.41, 5.74) is 1.11. The van der Waals surface area contributed by atoms with E-state index in [0.29, 0.717) is 13.2 Å². The van der Waals surface area contributed by atoms with Crippen LogP contribution in [0.3, 0.4) is 0 Å². The topological polar surface area (TPSA) is 55.4 Å². The Labute approximate surface area is 148 Å². The van der Waals surface area contributed by atoms with E-state index < -0.39 is 12.1 Å². The lowest BCUT2D eigenvalue weighted by Crippen LogP contribution is -2.43. The van der Waals surface area contributed by atoms with Gasteiger partial charge in [-0.2, -0.15) is 0 Å². The number of fused-ring (bicyclic) bond motifs is 1. The second kappa shape index (κ2) is 6.95. The molecule has 138 valence electrons. The SMILES string of the molecule is CCC1OC[C@H]([C@H]2O[C@@H]3OC(C)(C)O[C@@H]3[C@H]2OCc2ccccc2)O1. The first-order chi connectivity index (χ1) is 12.1. The Morgan fingerprint density at radius 3 is 2.60 bits per heavy atom. The molecule has 1 aromatic carbocycles. The quantitative estimate of drug-likeness (QED) is 0.814. The van der Waals surface area contributed by atoms with Crippen LogP contribution in [0.15, 0.2) is 30.3 Å². The van der Waals surface area contributed by atoms with Crippen LogP contribution in [0.4, 0.5) is 0 Å². The minimum Gasteiger partial charge on any atom is -0.368 e. The highest BCUT2D eigenvalue weighted by molar-refractivity contribution is 5.13. The normalized spacial score (nSPS) is 39.6. The van der Waals surface area contributed by atoms with Gasteiger partial charge in [0.15, 0.2) is 18.4 Å². The van der Waals surface area contributed by atoms with Gasteiger partial charge < -0.3 is 28.4 Å². The lowest BCUT2D eigenvalue weighted by Gasteiger charge is -2.28. The predicted octanol–water partition coefficient (Wildman–Crippen LogP) is 2.60. The summed E-state index contributed by atoms with van der Waals surface area (Å²) in [5, 5.41) is 0. The van der Waals surface area contributed by atoms with E-state index in [2.05, 4.69) is 0 Å². The highest BCUT2D eigenvalue weighted by Gasteiger charge is 2.58. The molecule has 0 aliphatic carbocycles. The van der Waals surface area contributed by atoms with Crippen molar-refractivity contribution in [2.45, 2.75) is 76.6 Å². The molecule has 0 aromatic heterocycles. The van der Waals surface area contributed by atoms with E-state index in [9.17, 15) is 0 Å². The first-order valence-electron chi connectivity index (χ1n) is 8.99. The van der Waals surface area contributed by atoms with Gasteiger partial charge in [-0.15, -0.1) is 0 Å². The van der Waals surface area contributed by atoms with Crippen molar-refractivity contribution in [3.63, 3.8) is 0 Å². The third kappa shape index (κ3) is 3.60. The molecular weight excluding hydrogens is 324 g/mol. The van der Waals surface area contributed by atoms with Crippen molar-refractivity contribution in [2.75, 3.05) is 6.61 Å². The summed E-state index contributed by atoms with van der Waals surface area (Å²) < 4.78 is 35.9. The van der Waals surface area contributed by atoms with Crippen LogP contribution < -0.4 is 0 Å². The van der Waals surface area contributed by atoms with Crippen LogP contribution in [-0.2, 0) is 35.0 Å². The maximum absolute atomic E-state index is 6.22. The van der Waals surface area contributed by atoms with Gasteiger partial charge in [-0.05, 0) is 25.8 Å². The van der Waals surface area contributed by atoms with Crippen LogP contribution in [0, 0.1) is 0 Å². The molecule has 1 unspecified atom stereocenters. The summed E-state index contributed by atoms with van der Waals surface area (Å²) in [6, 6.07) is 10.1. The predicted molar refractivity (Wildman–Crippen MR) is 88.6 cm³/mol. The fraction of sp³-hybridized carbons (Fsp3) is 0.684. The Balaban J connectivity index is 1.48. The molecule has 1 aromatic rings. The third-order valence-electron chi connectivity index (χ3n) is 4.78. The molecule has 0 saturated carbocycles. The zero-order chi connectivity index (χ0) is 17.4. The molecule has 0 N–H and O–H groups in total. The molecule has 4 rings (SSSR count). The van der Waals surface area contributed by atoms with Gasteiger partial charge in [-0.25, -0.2) is 0 Å². The molecule has 6 nitrogen and oxygen atoms in total. The second-order valence-corrected chi connectivity index (χ2v) is 7.18. The molecule has 0 spiro atoms. The van der Waals surface area contributed by atoms with Crippen molar-refractivity contribution < 1.29 is 28.4 Å². The van der Waals surface area contributed by atoms with E-state index in [1.807, 2.05) is 51.1 Å². The summed E-state index contributed by atoms with van der Waals surface area (Å²) in [4.78, 5) is 0. The van der Waals surface area contributed by atoms with E-state index >= 15 is 0 Å². The molecule has 3 heterocycles. The van der Waals surface area contributed by atoms with Crippen molar-refractivity contribution >= 4 is 0 Å². The van der Waals surface area contributed by atoms with Gasteiger partial charge in [-0.3, -0.25) is 0 Å². The smallest absolute Gasteiger partial charge is 0.190 e. The van der Waals surface area contributed by atoms with Crippen LogP contribution in [0.5, 0.6) is 0 Å². The van der Waals surface area contributed by atoms with Gasteiger partial charge in [0.1, 0.15) is 24.4 Å². The van der Waals surface area contributed by atoms with Gasteiger partial charge in [0.2, 0.25) is 0 Å². The van der Waals surface area contributed by atoms with Crippen LogP contribution in [0.2, 0.25) is 0 Å². The molecule has 25 heavy (non-hydrogen) atoms. The standard InChI is InChI=1S/C19H26O6/c1-4-14-20-11-13(22-14)15-16(21-10-12-8-6-5-7-9-12)17-18(23-15)25-19(2,3)24-17/h5-9,13-18H,4,10-11H2,1-3H3/t13-,14?,15-,16+,17-,18-/m1/s1. The first kappa shape index (κ1) is 17.4. The monoisotopic (exact) mass is 350 g/mol. The van der Waals surface area contributed by atoms with Crippen molar-refractivity contribution in [3.05, 3.63) is 35.9 Å². The zero-order valence-corrected chi connectivity index (χ0v) is 14.9. The average Bonchev–Trinajstić information content (AvgIpc) is 3.26. The maximum Gasteiger partial charge on any atom is 0.190 e. The molecular formula is C19H26O6. The highest BCUT2D eigenvalue weighted by atomic mass is 16.8. The van der Waals surface area contributed by atoms with Crippen molar-refractivity contribution in [2.24, 2.45) is 0 Å². The second-order valence-electron chi connectivity index (χ2n) is 7.18.